The summed E-state index contributed by atoms with van der Waals surface area (Å²) in [6.07, 6.45) is 2.06. The van der Waals surface area contributed by atoms with Crippen molar-refractivity contribution in [1.29, 1.82) is 0 Å². The molecule has 0 radical (unpaired) electrons. The second-order valence-corrected chi connectivity index (χ2v) is 3.29. The van der Waals surface area contributed by atoms with Crippen LogP contribution >= 0.6 is 0 Å². The molecule has 0 saturated heterocycles. The Bertz CT molecular complexity index is 267. The van der Waals surface area contributed by atoms with Crippen molar-refractivity contribution in [1.82, 2.24) is 0 Å². The standard InChI is InChI=1S/C10H18N2O5/c11-6-9(14)16-5-3-1-2-4-8(13)17-10(15)7-12/h1-7,11-12H2. The Balaban J connectivity index is 3.36. The molecule has 0 aliphatic heterocycles. The van der Waals surface area contributed by atoms with Gasteiger partial charge in [-0.05, 0) is 19.3 Å². The highest BCUT2D eigenvalue weighted by Crippen LogP contribution is 2.01. The van der Waals surface area contributed by atoms with E-state index >= 15 is 0 Å². The van der Waals surface area contributed by atoms with E-state index in [1.54, 1.807) is 0 Å². The van der Waals surface area contributed by atoms with Crippen LogP contribution in [0.15, 0.2) is 0 Å². The number of esters is 3. The summed E-state index contributed by atoms with van der Waals surface area (Å²) in [5.74, 6) is -1.76. The lowest BCUT2D eigenvalue weighted by Gasteiger charge is -2.03. The average molecular weight is 246 g/mol. The topological polar surface area (TPSA) is 122 Å². The molecule has 0 heterocycles. The van der Waals surface area contributed by atoms with Gasteiger partial charge in [0.15, 0.2) is 0 Å². The van der Waals surface area contributed by atoms with Gasteiger partial charge in [-0.25, -0.2) is 0 Å². The summed E-state index contributed by atoms with van der Waals surface area (Å²) >= 11 is 0. The Hall–Kier alpha value is -1.47. The van der Waals surface area contributed by atoms with Crippen molar-refractivity contribution in [2.75, 3.05) is 19.7 Å². The van der Waals surface area contributed by atoms with E-state index in [4.69, 9.17) is 16.2 Å². The summed E-state index contributed by atoms with van der Waals surface area (Å²) in [4.78, 5) is 32.3. The molecule has 0 rings (SSSR count). The number of carbonyl (C=O) groups excluding carboxylic acids is 3. The van der Waals surface area contributed by atoms with Crippen LogP contribution in [0.25, 0.3) is 0 Å². The number of carbonyl (C=O) groups is 3. The van der Waals surface area contributed by atoms with Crippen LogP contribution in [0.1, 0.15) is 25.7 Å². The Labute approximate surface area is 99.4 Å². The van der Waals surface area contributed by atoms with Crippen LogP contribution in [-0.2, 0) is 23.9 Å². The molecule has 0 amide bonds. The average Bonchev–Trinajstić information content (AvgIpc) is 2.32. The summed E-state index contributed by atoms with van der Waals surface area (Å²) in [6.45, 7) is -0.152. The SMILES string of the molecule is NCC(=O)OCCCCCC(=O)OC(=O)CN. The zero-order valence-electron chi connectivity index (χ0n) is 9.65. The van der Waals surface area contributed by atoms with Crippen LogP contribution in [0, 0.1) is 0 Å². The van der Waals surface area contributed by atoms with E-state index in [2.05, 4.69) is 4.74 Å². The molecule has 0 aromatic carbocycles. The largest absolute Gasteiger partial charge is 0.465 e. The molecule has 0 aromatic rings. The molecule has 98 valence electrons. The highest BCUT2D eigenvalue weighted by molar-refractivity contribution is 5.86. The van der Waals surface area contributed by atoms with Crippen LogP contribution < -0.4 is 11.5 Å². The maximum Gasteiger partial charge on any atom is 0.327 e. The Morgan fingerprint density at radius 1 is 0.824 bits per heavy atom. The minimum Gasteiger partial charge on any atom is -0.465 e. The van der Waals surface area contributed by atoms with Gasteiger partial charge in [0, 0.05) is 6.42 Å². The third-order valence-electron chi connectivity index (χ3n) is 1.85. The molecular weight excluding hydrogens is 228 g/mol. The van der Waals surface area contributed by atoms with E-state index < -0.39 is 17.9 Å². The zero-order valence-corrected chi connectivity index (χ0v) is 9.65. The van der Waals surface area contributed by atoms with E-state index in [9.17, 15) is 14.4 Å². The molecule has 0 fully saturated rings. The van der Waals surface area contributed by atoms with Gasteiger partial charge in [-0.2, -0.15) is 0 Å². The Kier molecular flexibility index (Phi) is 8.89. The predicted molar refractivity (Wildman–Crippen MR) is 58.6 cm³/mol. The summed E-state index contributed by atoms with van der Waals surface area (Å²) in [5, 5.41) is 0. The molecule has 7 nitrogen and oxygen atoms in total. The van der Waals surface area contributed by atoms with Crippen LogP contribution in [0.4, 0.5) is 0 Å². The van der Waals surface area contributed by atoms with Crippen molar-refractivity contribution in [2.45, 2.75) is 25.7 Å². The Morgan fingerprint density at radius 2 is 1.47 bits per heavy atom. The molecule has 0 atom stereocenters. The fourth-order valence-electron chi connectivity index (χ4n) is 1.01. The minimum absolute atomic E-state index is 0.131. The van der Waals surface area contributed by atoms with Gasteiger partial charge < -0.3 is 20.9 Å². The molecule has 0 saturated carbocycles. The van der Waals surface area contributed by atoms with Crippen molar-refractivity contribution >= 4 is 17.9 Å². The fraction of sp³-hybridized carbons (Fsp3) is 0.700. The molecule has 0 bridgehead atoms. The molecule has 4 N–H and O–H groups in total. The quantitative estimate of drug-likeness (QED) is 0.322. The molecule has 0 unspecified atom stereocenters. The first-order chi connectivity index (χ1) is 8.10. The first-order valence-electron chi connectivity index (χ1n) is 5.39. The first-order valence-corrected chi connectivity index (χ1v) is 5.39. The van der Waals surface area contributed by atoms with Gasteiger partial charge >= 0.3 is 17.9 Å². The maximum absolute atomic E-state index is 11.0. The van der Waals surface area contributed by atoms with E-state index in [1.807, 2.05) is 0 Å². The van der Waals surface area contributed by atoms with Crippen LogP contribution in [-0.4, -0.2) is 37.6 Å². The maximum atomic E-state index is 11.0. The molecular formula is C10H18N2O5. The van der Waals surface area contributed by atoms with Crippen molar-refractivity contribution in [3.63, 3.8) is 0 Å². The molecule has 0 aliphatic rings. The predicted octanol–water partition coefficient (Wildman–Crippen LogP) is -0.923. The Morgan fingerprint density at radius 3 is 2.06 bits per heavy atom. The summed E-state index contributed by atoms with van der Waals surface area (Å²) in [7, 11) is 0. The normalized spacial score (nSPS) is 9.76. The third-order valence-corrected chi connectivity index (χ3v) is 1.85. The van der Waals surface area contributed by atoms with Crippen molar-refractivity contribution in [2.24, 2.45) is 11.5 Å². The van der Waals surface area contributed by atoms with Gasteiger partial charge in [-0.1, -0.05) is 0 Å². The summed E-state index contributed by atoms with van der Waals surface area (Å²) in [6, 6.07) is 0. The number of ether oxygens (including phenoxy) is 2. The van der Waals surface area contributed by atoms with Crippen LogP contribution in [0.2, 0.25) is 0 Å². The van der Waals surface area contributed by atoms with E-state index in [0.29, 0.717) is 19.3 Å². The van der Waals surface area contributed by atoms with Gasteiger partial charge in [0.2, 0.25) is 0 Å². The lowest BCUT2D eigenvalue weighted by atomic mass is 10.2. The van der Waals surface area contributed by atoms with Gasteiger partial charge in [-0.3, -0.25) is 14.4 Å². The lowest BCUT2D eigenvalue weighted by Crippen LogP contribution is -2.20. The number of nitrogens with two attached hydrogens (primary N) is 2. The van der Waals surface area contributed by atoms with Gasteiger partial charge in [0.05, 0.1) is 19.7 Å². The number of rotatable bonds is 8. The van der Waals surface area contributed by atoms with E-state index in [0.717, 1.165) is 0 Å². The molecule has 7 heteroatoms. The summed E-state index contributed by atoms with van der Waals surface area (Å²) in [5.41, 5.74) is 10.0. The monoisotopic (exact) mass is 246 g/mol. The van der Waals surface area contributed by atoms with Crippen LogP contribution in [0.3, 0.4) is 0 Å². The molecule has 17 heavy (non-hydrogen) atoms. The van der Waals surface area contributed by atoms with Crippen molar-refractivity contribution < 1.29 is 23.9 Å². The highest BCUT2D eigenvalue weighted by atomic mass is 16.6. The second-order valence-electron chi connectivity index (χ2n) is 3.29. The fourth-order valence-corrected chi connectivity index (χ4v) is 1.01. The molecule has 0 aliphatic carbocycles. The molecule has 0 spiro atoms. The zero-order chi connectivity index (χ0) is 13.1. The van der Waals surface area contributed by atoms with Gasteiger partial charge in [-0.15, -0.1) is 0 Å². The van der Waals surface area contributed by atoms with Crippen LogP contribution in [0.5, 0.6) is 0 Å². The highest BCUT2D eigenvalue weighted by Gasteiger charge is 2.07. The second kappa shape index (κ2) is 9.73. The van der Waals surface area contributed by atoms with Gasteiger partial charge in [0.25, 0.3) is 0 Å². The third kappa shape index (κ3) is 9.46. The minimum atomic E-state index is -0.730. The van der Waals surface area contributed by atoms with Crippen molar-refractivity contribution in [3.8, 4) is 0 Å². The summed E-state index contributed by atoms with van der Waals surface area (Å²) < 4.78 is 9.09. The number of hydrogen-bond acceptors (Lipinski definition) is 7. The first kappa shape index (κ1) is 15.5. The van der Waals surface area contributed by atoms with Gasteiger partial charge in [0.1, 0.15) is 0 Å². The number of hydrogen-bond donors (Lipinski definition) is 2. The lowest BCUT2D eigenvalue weighted by molar-refractivity contribution is -0.158. The van der Waals surface area contributed by atoms with Crippen molar-refractivity contribution in [3.05, 3.63) is 0 Å². The molecule has 0 aromatic heterocycles. The smallest absolute Gasteiger partial charge is 0.327 e. The van der Waals surface area contributed by atoms with E-state index in [-0.39, 0.29) is 26.1 Å². The van der Waals surface area contributed by atoms with E-state index in [1.165, 1.54) is 0 Å². The number of unbranched alkanes of at least 4 members (excludes halogenated alkanes) is 2.